The van der Waals surface area contributed by atoms with Gasteiger partial charge in [-0.05, 0) is 86.8 Å². The molecule has 1 aliphatic heterocycles. The van der Waals surface area contributed by atoms with Gasteiger partial charge >= 0.3 is 0 Å². The zero-order valence-corrected chi connectivity index (χ0v) is 19.1. The average molecular weight is 425 g/mol. The molecule has 1 fully saturated rings. The molecule has 1 atom stereocenters. The lowest BCUT2D eigenvalue weighted by Crippen LogP contribution is -2.41. The Hall–Kier alpha value is -2.74. The van der Waals surface area contributed by atoms with E-state index in [0.717, 1.165) is 49.0 Å². The van der Waals surface area contributed by atoms with Crippen molar-refractivity contribution >= 4 is 10.9 Å². The molecule has 31 heavy (non-hydrogen) atoms. The molecule has 1 aliphatic rings. The number of aromatic nitrogens is 5. The van der Waals surface area contributed by atoms with Gasteiger partial charge in [-0.25, -0.2) is 4.68 Å². The number of nitrogens with one attached hydrogen (secondary N) is 1. The highest BCUT2D eigenvalue weighted by Crippen LogP contribution is 2.33. The number of H-pyrrole nitrogens is 1. The molecule has 0 unspecified atom stereocenters. The Morgan fingerprint density at radius 3 is 2.68 bits per heavy atom. The quantitative estimate of drug-likeness (QED) is 0.652. The predicted molar refractivity (Wildman–Crippen MR) is 120 cm³/mol. The minimum absolute atomic E-state index is 0.106. The van der Waals surface area contributed by atoms with Crippen molar-refractivity contribution in [3.8, 4) is 5.75 Å². The van der Waals surface area contributed by atoms with Crippen LogP contribution in [0.2, 0.25) is 0 Å². The Bertz CT molecular complexity index is 1110. The minimum atomic E-state index is -0.312. The summed E-state index contributed by atoms with van der Waals surface area (Å²) in [6.07, 6.45) is 3.06. The van der Waals surface area contributed by atoms with E-state index < -0.39 is 0 Å². The van der Waals surface area contributed by atoms with Crippen LogP contribution in [0.1, 0.15) is 64.4 Å². The summed E-state index contributed by atoms with van der Waals surface area (Å²) in [5.41, 5.74) is 1.09. The Labute approximate surface area is 182 Å². The highest BCUT2D eigenvalue weighted by Gasteiger charge is 2.35. The minimum Gasteiger partial charge on any atom is -0.497 e. The number of aromatic amines is 1. The number of fused-ring (bicyclic) bond motifs is 1. The predicted octanol–water partition coefficient (Wildman–Crippen LogP) is 3.49. The van der Waals surface area contributed by atoms with Crippen LogP contribution in [-0.2, 0) is 5.54 Å². The molecule has 0 amide bonds. The lowest BCUT2D eigenvalue weighted by Gasteiger charge is -2.37. The van der Waals surface area contributed by atoms with E-state index >= 15 is 0 Å². The van der Waals surface area contributed by atoms with Gasteiger partial charge in [0.2, 0.25) is 0 Å². The maximum Gasteiger partial charge on any atom is 0.253 e. The number of hydrogen-bond acceptors (Lipinski definition) is 6. The third-order valence-electron chi connectivity index (χ3n) is 6.73. The fourth-order valence-electron chi connectivity index (χ4n) is 4.26. The molecule has 1 aromatic carbocycles. The van der Waals surface area contributed by atoms with Crippen molar-refractivity contribution in [1.29, 1.82) is 0 Å². The molecule has 1 N–H and O–H groups in total. The number of tetrazole rings is 1. The molecule has 4 rings (SSSR count). The first-order valence-corrected chi connectivity index (χ1v) is 11.1. The monoisotopic (exact) mass is 424 g/mol. The van der Waals surface area contributed by atoms with Crippen molar-refractivity contribution in [2.75, 3.05) is 20.2 Å². The van der Waals surface area contributed by atoms with Crippen LogP contribution in [0, 0.1) is 5.92 Å². The van der Waals surface area contributed by atoms with Crippen molar-refractivity contribution in [3.63, 3.8) is 0 Å². The molecule has 0 saturated carbocycles. The van der Waals surface area contributed by atoms with Gasteiger partial charge < -0.3 is 9.72 Å². The number of hydrogen-bond donors (Lipinski definition) is 1. The zero-order chi connectivity index (χ0) is 22.2. The van der Waals surface area contributed by atoms with Crippen molar-refractivity contribution in [1.82, 2.24) is 30.1 Å². The van der Waals surface area contributed by atoms with Crippen molar-refractivity contribution < 1.29 is 4.74 Å². The number of methoxy groups -OCH3 is 1. The highest BCUT2D eigenvalue weighted by molar-refractivity contribution is 5.80. The van der Waals surface area contributed by atoms with Crippen LogP contribution in [0.3, 0.4) is 0 Å². The van der Waals surface area contributed by atoms with Gasteiger partial charge in [0, 0.05) is 16.5 Å². The number of nitrogens with zero attached hydrogens (tertiary/aromatic N) is 5. The van der Waals surface area contributed by atoms with E-state index in [1.165, 1.54) is 0 Å². The van der Waals surface area contributed by atoms with Gasteiger partial charge in [-0.1, -0.05) is 13.8 Å². The summed E-state index contributed by atoms with van der Waals surface area (Å²) in [6, 6.07) is 7.33. The van der Waals surface area contributed by atoms with Gasteiger partial charge in [0.05, 0.1) is 12.6 Å². The summed E-state index contributed by atoms with van der Waals surface area (Å²) in [6.45, 7) is 10.5. The van der Waals surface area contributed by atoms with E-state index in [9.17, 15) is 4.79 Å². The Balaban J connectivity index is 1.89. The van der Waals surface area contributed by atoms with Crippen molar-refractivity contribution in [3.05, 3.63) is 46.0 Å². The smallest absolute Gasteiger partial charge is 0.253 e. The second-order valence-electron chi connectivity index (χ2n) is 9.24. The lowest BCUT2D eigenvalue weighted by atomic mass is 9.94. The fraction of sp³-hybridized carbons (Fsp3) is 0.565. The van der Waals surface area contributed by atoms with Gasteiger partial charge in [-0.15, -0.1) is 5.10 Å². The molecule has 1 saturated heterocycles. The number of piperidine rings is 1. The molecule has 0 aliphatic carbocycles. The molecule has 0 bridgehead atoms. The molecular weight excluding hydrogens is 392 g/mol. The van der Waals surface area contributed by atoms with Gasteiger partial charge in [-0.3, -0.25) is 9.69 Å². The van der Waals surface area contributed by atoms with E-state index in [2.05, 4.69) is 53.1 Å². The van der Waals surface area contributed by atoms with Crippen LogP contribution in [0.25, 0.3) is 10.9 Å². The van der Waals surface area contributed by atoms with E-state index in [4.69, 9.17) is 4.74 Å². The SMILES string of the molecule is CCC(C)(C)n1nnnc1[C@@H](c1cc2cc(OC)ccc2[nH]c1=O)N1CCC(C)CC1. The molecule has 166 valence electrons. The molecule has 8 nitrogen and oxygen atoms in total. The van der Waals surface area contributed by atoms with E-state index in [-0.39, 0.29) is 17.1 Å². The number of pyridine rings is 1. The third kappa shape index (κ3) is 4.08. The van der Waals surface area contributed by atoms with E-state index in [0.29, 0.717) is 17.3 Å². The Morgan fingerprint density at radius 2 is 2.00 bits per heavy atom. The molecule has 0 spiro atoms. The van der Waals surface area contributed by atoms with Crippen LogP contribution in [-0.4, -0.2) is 50.3 Å². The lowest BCUT2D eigenvalue weighted by molar-refractivity contribution is 0.143. The second kappa shape index (κ2) is 8.42. The summed E-state index contributed by atoms with van der Waals surface area (Å²) in [4.78, 5) is 18.7. The van der Waals surface area contributed by atoms with Crippen LogP contribution < -0.4 is 10.3 Å². The summed E-state index contributed by atoms with van der Waals surface area (Å²) in [5, 5.41) is 13.7. The largest absolute Gasteiger partial charge is 0.497 e. The number of ether oxygens (including phenoxy) is 1. The third-order valence-corrected chi connectivity index (χ3v) is 6.73. The van der Waals surface area contributed by atoms with Crippen LogP contribution in [0.4, 0.5) is 0 Å². The van der Waals surface area contributed by atoms with Gasteiger partial charge in [0.25, 0.3) is 5.56 Å². The number of benzene rings is 1. The second-order valence-corrected chi connectivity index (χ2v) is 9.24. The van der Waals surface area contributed by atoms with E-state index in [1.807, 2.05) is 28.9 Å². The molecule has 3 heterocycles. The Morgan fingerprint density at radius 1 is 1.26 bits per heavy atom. The van der Waals surface area contributed by atoms with Crippen LogP contribution >= 0.6 is 0 Å². The fourth-order valence-corrected chi connectivity index (χ4v) is 4.26. The van der Waals surface area contributed by atoms with E-state index in [1.54, 1.807) is 7.11 Å². The van der Waals surface area contributed by atoms with Gasteiger partial charge in [-0.2, -0.15) is 0 Å². The maximum absolute atomic E-state index is 13.3. The average Bonchev–Trinajstić information content (AvgIpc) is 3.25. The number of rotatable bonds is 6. The first kappa shape index (κ1) is 21.5. The summed E-state index contributed by atoms with van der Waals surface area (Å²) in [5.74, 6) is 2.15. The summed E-state index contributed by atoms with van der Waals surface area (Å²) < 4.78 is 7.29. The Kier molecular flexibility index (Phi) is 5.83. The molecule has 8 heteroatoms. The topological polar surface area (TPSA) is 88.9 Å². The standard InChI is InChI=1S/C23H32N6O2/c1-6-23(3,4)29-21(25-26-27-29)20(28-11-9-15(2)10-12-28)18-14-16-13-17(31-5)7-8-19(16)24-22(18)30/h7-8,13-15,20H,6,9-12H2,1-5H3,(H,24,30)/t20-/m1/s1. The first-order valence-electron chi connectivity index (χ1n) is 11.1. The normalized spacial score (nSPS) is 17.2. The summed E-state index contributed by atoms with van der Waals surface area (Å²) in [7, 11) is 1.65. The summed E-state index contributed by atoms with van der Waals surface area (Å²) >= 11 is 0. The van der Waals surface area contributed by atoms with Crippen LogP contribution in [0.15, 0.2) is 29.1 Å². The number of likely N-dealkylation sites (tertiary alicyclic amines) is 1. The molecular formula is C23H32N6O2. The zero-order valence-electron chi connectivity index (χ0n) is 19.1. The van der Waals surface area contributed by atoms with Crippen molar-refractivity contribution in [2.45, 2.75) is 58.5 Å². The molecule has 3 aromatic rings. The first-order chi connectivity index (χ1) is 14.8. The van der Waals surface area contributed by atoms with Crippen LogP contribution in [0.5, 0.6) is 5.75 Å². The van der Waals surface area contributed by atoms with Gasteiger partial charge in [0.1, 0.15) is 11.8 Å². The highest BCUT2D eigenvalue weighted by atomic mass is 16.5. The molecule has 2 aromatic heterocycles. The maximum atomic E-state index is 13.3. The van der Waals surface area contributed by atoms with Gasteiger partial charge in [0.15, 0.2) is 5.82 Å². The van der Waals surface area contributed by atoms with Crippen molar-refractivity contribution in [2.24, 2.45) is 5.92 Å². The molecule has 0 radical (unpaired) electrons.